The Hall–Kier alpha value is -2.45. The summed E-state index contributed by atoms with van der Waals surface area (Å²) in [7, 11) is 0.648. The highest BCUT2D eigenvalue weighted by Crippen LogP contribution is 2.31. The fourth-order valence-corrected chi connectivity index (χ4v) is 5.04. The molecule has 4 rings (SSSR count). The minimum Gasteiger partial charge on any atom is -0.198 e. The van der Waals surface area contributed by atoms with E-state index in [0.29, 0.717) is 6.04 Å². The highest BCUT2D eigenvalue weighted by Gasteiger charge is 2.22. The van der Waals surface area contributed by atoms with E-state index in [1.165, 1.54) is 38.2 Å². The lowest BCUT2D eigenvalue weighted by Crippen LogP contribution is -2.38. The van der Waals surface area contributed by atoms with Crippen LogP contribution in [0, 0.1) is 13.8 Å². The number of benzene rings is 3. The first-order valence-electron chi connectivity index (χ1n) is 10.1. The summed E-state index contributed by atoms with van der Waals surface area (Å²) < 4.78 is 11.0. The zero-order chi connectivity index (χ0) is 20.2. The summed E-state index contributed by atoms with van der Waals surface area (Å²) in [5.41, 5.74) is 4.72. The number of hydrogen-bond donors (Lipinski definition) is 0. The number of aromatic nitrogens is 1. The van der Waals surface area contributed by atoms with Crippen LogP contribution in [0.3, 0.4) is 0 Å². The first kappa shape index (κ1) is 16.7. The SMILES string of the molecule is [2H]c1c(C)[n+](C)c(-c2cc3ccccc3cc2C)c2ccc([Si](C)(C)C)cc12. The average molecular weight is 372 g/mol. The molecule has 0 unspecified atom stereocenters. The normalized spacial score (nSPS) is 12.6. The highest BCUT2D eigenvalue weighted by molar-refractivity contribution is 6.88. The van der Waals surface area contributed by atoms with Crippen molar-refractivity contribution in [1.29, 1.82) is 0 Å². The summed E-state index contributed by atoms with van der Waals surface area (Å²) >= 11 is 0. The van der Waals surface area contributed by atoms with Crippen molar-refractivity contribution in [2.45, 2.75) is 33.5 Å². The highest BCUT2D eigenvalue weighted by atomic mass is 28.3. The van der Waals surface area contributed by atoms with Crippen LogP contribution in [0.5, 0.6) is 0 Å². The van der Waals surface area contributed by atoms with Gasteiger partial charge in [0.2, 0.25) is 5.69 Å². The molecule has 0 N–H and O–H groups in total. The third kappa shape index (κ3) is 3.08. The van der Waals surface area contributed by atoms with Crippen molar-refractivity contribution in [3.05, 3.63) is 71.9 Å². The molecule has 0 aliphatic carbocycles. The van der Waals surface area contributed by atoms with Gasteiger partial charge in [0.1, 0.15) is 7.05 Å². The van der Waals surface area contributed by atoms with Gasteiger partial charge < -0.3 is 0 Å². The molecule has 0 bridgehead atoms. The van der Waals surface area contributed by atoms with Crippen molar-refractivity contribution in [2.24, 2.45) is 7.05 Å². The minimum absolute atomic E-state index is 0.639. The Kier molecular flexibility index (Phi) is 3.90. The smallest absolute Gasteiger partial charge is 0.198 e. The maximum absolute atomic E-state index is 8.77. The van der Waals surface area contributed by atoms with Crippen LogP contribution < -0.4 is 9.75 Å². The molecular weight excluding hydrogens is 342 g/mol. The van der Waals surface area contributed by atoms with E-state index in [2.05, 4.69) is 99.7 Å². The molecule has 136 valence electrons. The van der Waals surface area contributed by atoms with Crippen molar-refractivity contribution < 1.29 is 5.94 Å². The monoisotopic (exact) mass is 371 g/mol. The second-order valence-electron chi connectivity index (χ2n) is 8.64. The standard InChI is InChI=1S/C25H28NSi/c1-17-13-19-9-7-8-10-20(19)16-24(17)25-23-12-11-22(27(4,5)6)15-21(23)14-18(2)26(25)3/h7-16H,1-6H3/q+1/i14D. The molecule has 0 saturated carbocycles. The molecule has 27 heavy (non-hydrogen) atoms. The third-order valence-corrected chi connectivity index (χ3v) is 7.69. The summed E-state index contributed by atoms with van der Waals surface area (Å²) in [5, 5.41) is 6.16. The number of pyridine rings is 1. The first-order chi connectivity index (χ1) is 13.2. The van der Waals surface area contributed by atoms with E-state index < -0.39 is 8.07 Å². The lowest BCUT2D eigenvalue weighted by atomic mass is 9.95. The van der Waals surface area contributed by atoms with Gasteiger partial charge in [-0.1, -0.05) is 67.3 Å². The van der Waals surface area contributed by atoms with Gasteiger partial charge >= 0.3 is 0 Å². The number of fused-ring (bicyclic) bond motifs is 2. The Bertz CT molecular complexity index is 1240. The van der Waals surface area contributed by atoms with Crippen molar-refractivity contribution in [1.82, 2.24) is 0 Å². The van der Waals surface area contributed by atoms with Crippen LogP contribution in [0.2, 0.25) is 19.6 Å². The van der Waals surface area contributed by atoms with Crippen LogP contribution >= 0.6 is 0 Å². The minimum atomic E-state index is -1.44. The Morgan fingerprint density at radius 3 is 2.19 bits per heavy atom. The number of rotatable bonds is 2. The van der Waals surface area contributed by atoms with Crippen molar-refractivity contribution >= 4 is 34.8 Å². The lowest BCUT2D eigenvalue weighted by molar-refractivity contribution is -0.665. The summed E-state index contributed by atoms with van der Waals surface area (Å²) in [4.78, 5) is 0. The van der Waals surface area contributed by atoms with Crippen molar-refractivity contribution in [2.75, 3.05) is 0 Å². The zero-order valence-electron chi connectivity index (χ0n) is 18.1. The van der Waals surface area contributed by atoms with Crippen molar-refractivity contribution in [3.8, 4) is 11.3 Å². The predicted molar refractivity (Wildman–Crippen MR) is 121 cm³/mol. The van der Waals surface area contributed by atoms with E-state index in [1.54, 1.807) is 0 Å². The second kappa shape index (κ2) is 6.31. The molecule has 1 aromatic heterocycles. The van der Waals surface area contributed by atoms with Crippen LogP contribution in [0.15, 0.2) is 60.6 Å². The van der Waals surface area contributed by atoms with Crippen LogP contribution in [-0.4, -0.2) is 8.07 Å². The predicted octanol–water partition coefficient (Wildman–Crippen LogP) is 5.65. The fraction of sp³-hybridized carbons (Fsp3) is 0.240. The van der Waals surface area contributed by atoms with E-state index in [9.17, 15) is 0 Å². The second-order valence-corrected chi connectivity index (χ2v) is 13.7. The summed E-state index contributed by atoms with van der Waals surface area (Å²) in [6, 6.07) is 20.5. The van der Waals surface area contributed by atoms with Gasteiger partial charge in [0.05, 0.1) is 20.4 Å². The zero-order valence-corrected chi connectivity index (χ0v) is 18.1. The molecule has 3 aromatic carbocycles. The van der Waals surface area contributed by atoms with E-state index in [-0.39, 0.29) is 0 Å². The molecule has 1 nitrogen and oxygen atoms in total. The van der Waals surface area contributed by atoms with Gasteiger partial charge in [-0.2, -0.15) is 4.57 Å². The molecule has 0 radical (unpaired) electrons. The van der Waals surface area contributed by atoms with Crippen LogP contribution in [0.4, 0.5) is 0 Å². The number of hydrogen-bond acceptors (Lipinski definition) is 0. The molecule has 0 aliphatic rings. The first-order valence-corrected chi connectivity index (χ1v) is 13.1. The Morgan fingerprint density at radius 1 is 0.852 bits per heavy atom. The third-order valence-electron chi connectivity index (χ3n) is 5.64. The molecule has 2 heteroatoms. The maximum atomic E-state index is 8.77. The average Bonchev–Trinajstić information content (AvgIpc) is 2.65. The molecule has 0 aliphatic heterocycles. The summed E-state index contributed by atoms with van der Waals surface area (Å²) in [6.07, 6.45) is 0. The van der Waals surface area contributed by atoms with E-state index in [1.807, 2.05) is 0 Å². The van der Waals surface area contributed by atoms with E-state index >= 15 is 0 Å². The maximum Gasteiger partial charge on any atom is 0.220 e. The molecule has 0 amide bonds. The van der Waals surface area contributed by atoms with Gasteiger partial charge in [0, 0.05) is 13.0 Å². The number of nitrogens with zero attached hydrogens (tertiary/aromatic N) is 1. The van der Waals surface area contributed by atoms with Crippen molar-refractivity contribution in [3.63, 3.8) is 0 Å². The Balaban J connectivity index is 2.11. The lowest BCUT2D eigenvalue weighted by Gasteiger charge is -2.18. The van der Waals surface area contributed by atoms with Gasteiger partial charge in [0.15, 0.2) is 5.69 Å². The quantitative estimate of drug-likeness (QED) is 0.317. The molecule has 4 aromatic rings. The largest absolute Gasteiger partial charge is 0.220 e. The van der Waals surface area contributed by atoms with Crippen LogP contribution in [-0.2, 0) is 7.05 Å². The summed E-state index contributed by atoms with van der Waals surface area (Å²) in [5.74, 6) is 0. The molecule has 0 spiro atoms. The molecule has 1 heterocycles. The Labute approximate surface area is 164 Å². The van der Waals surface area contributed by atoms with Gasteiger partial charge in [-0.05, 0) is 40.8 Å². The Morgan fingerprint density at radius 2 is 1.52 bits per heavy atom. The van der Waals surface area contributed by atoms with Crippen LogP contribution in [0.1, 0.15) is 12.6 Å². The van der Waals surface area contributed by atoms with E-state index in [0.717, 1.165) is 11.1 Å². The molecule has 0 saturated heterocycles. The van der Waals surface area contributed by atoms with E-state index in [4.69, 9.17) is 1.37 Å². The summed E-state index contributed by atoms with van der Waals surface area (Å²) in [6.45, 7) is 11.3. The molecule has 0 atom stereocenters. The topological polar surface area (TPSA) is 3.88 Å². The number of aryl methyl sites for hydroxylation is 1. The van der Waals surface area contributed by atoms with Gasteiger partial charge in [0.25, 0.3) is 0 Å². The molecule has 0 fully saturated rings. The van der Waals surface area contributed by atoms with Gasteiger partial charge in [-0.25, -0.2) is 0 Å². The fourth-order valence-electron chi connectivity index (χ4n) is 3.88. The van der Waals surface area contributed by atoms with Gasteiger partial charge in [-0.3, -0.25) is 0 Å². The van der Waals surface area contributed by atoms with Gasteiger partial charge in [-0.15, -0.1) is 0 Å². The molecular formula is C25H28NSi+. The van der Waals surface area contributed by atoms with Crippen LogP contribution in [0.25, 0.3) is 32.8 Å².